The number of alkyl halides is 2. The Kier molecular flexibility index (Phi) is 7.65. The number of pyridine rings is 2. The number of halogens is 4. The molecule has 1 unspecified atom stereocenters. The molecule has 33 heavy (non-hydrogen) atoms. The van der Waals surface area contributed by atoms with Crippen molar-refractivity contribution in [2.75, 3.05) is 23.8 Å². The molecule has 0 saturated heterocycles. The van der Waals surface area contributed by atoms with Crippen molar-refractivity contribution in [3.63, 3.8) is 0 Å². The summed E-state index contributed by atoms with van der Waals surface area (Å²) in [6, 6.07) is 8.38. The standard InChI is InChI=1S/C23H20ClF3N4O2/c1-13(12-32)22-15(4-3-7-28-22)16-10-29-19(23(26)27)9-20(16)31(2)11-21(33)30-14-5-6-17(24)18(25)8-14/h3-10,12-13,23H,11H2,1-2H3,(H,30,33). The van der Waals surface area contributed by atoms with Gasteiger partial charge in [0.15, 0.2) is 0 Å². The lowest BCUT2D eigenvalue weighted by atomic mass is 9.96. The van der Waals surface area contributed by atoms with E-state index in [0.29, 0.717) is 22.5 Å². The number of anilines is 2. The molecule has 6 nitrogen and oxygen atoms in total. The third-order valence-corrected chi connectivity index (χ3v) is 5.19. The fraction of sp³-hybridized carbons (Fsp3) is 0.217. The Labute approximate surface area is 193 Å². The zero-order valence-electron chi connectivity index (χ0n) is 17.7. The summed E-state index contributed by atoms with van der Waals surface area (Å²) in [7, 11) is 1.55. The van der Waals surface area contributed by atoms with Gasteiger partial charge in [-0.05, 0) is 30.3 Å². The predicted molar refractivity (Wildman–Crippen MR) is 120 cm³/mol. The van der Waals surface area contributed by atoms with E-state index < -0.39 is 29.8 Å². The van der Waals surface area contributed by atoms with E-state index in [1.807, 2.05) is 0 Å². The lowest BCUT2D eigenvalue weighted by Gasteiger charge is -2.24. The Balaban J connectivity index is 1.95. The third kappa shape index (κ3) is 5.67. The second kappa shape index (κ2) is 10.4. The Morgan fingerprint density at radius 2 is 1.97 bits per heavy atom. The molecule has 0 saturated carbocycles. The van der Waals surface area contributed by atoms with Gasteiger partial charge in [-0.15, -0.1) is 0 Å². The van der Waals surface area contributed by atoms with Crippen molar-refractivity contribution >= 4 is 35.2 Å². The number of aromatic nitrogens is 2. The van der Waals surface area contributed by atoms with Gasteiger partial charge in [-0.1, -0.05) is 24.6 Å². The molecule has 0 aliphatic heterocycles. The van der Waals surface area contributed by atoms with Crippen LogP contribution in [0.1, 0.15) is 30.7 Å². The van der Waals surface area contributed by atoms with Gasteiger partial charge in [-0.3, -0.25) is 14.8 Å². The van der Waals surface area contributed by atoms with Crippen LogP contribution in [-0.4, -0.2) is 35.8 Å². The van der Waals surface area contributed by atoms with Crippen LogP contribution >= 0.6 is 11.6 Å². The van der Waals surface area contributed by atoms with Crippen LogP contribution < -0.4 is 10.2 Å². The third-order valence-electron chi connectivity index (χ3n) is 4.89. The second-order valence-corrected chi connectivity index (χ2v) is 7.73. The summed E-state index contributed by atoms with van der Waals surface area (Å²) in [5.74, 6) is -1.74. The first-order valence-corrected chi connectivity index (χ1v) is 10.2. The summed E-state index contributed by atoms with van der Waals surface area (Å²) in [6.07, 6.45) is 0.716. The summed E-state index contributed by atoms with van der Waals surface area (Å²) < 4.78 is 40.4. The molecule has 1 amide bonds. The molecular formula is C23H20ClF3N4O2. The SMILES string of the molecule is CC(C=O)c1ncccc1-c1cnc(C(F)F)cc1N(C)CC(=O)Nc1ccc(Cl)c(F)c1. The number of nitrogens with zero attached hydrogens (tertiary/aromatic N) is 3. The zero-order chi connectivity index (χ0) is 24.1. The zero-order valence-corrected chi connectivity index (χ0v) is 18.5. The van der Waals surface area contributed by atoms with E-state index in [9.17, 15) is 22.8 Å². The fourth-order valence-corrected chi connectivity index (χ4v) is 3.37. The average molecular weight is 477 g/mol. The van der Waals surface area contributed by atoms with Crippen LogP contribution in [-0.2, 0) is 9.59 Å². The number of likely N-dealkylation sites (N-methyl/N-ethyl adjacent to an activating group) is 1. The van der Waals surface area contributed by atoms with Crippen LogP contribution in [0.25, 0.3) is 11.1 Å². The Morgan fingerprint density at radius 1 is 1.21 bits per heavy atom. The number of aldehydes is 1. The van der Waals surface area contributed by atoms with Crippen LogP contribution in [0.15, 0.2) is 48.8 Å². The topological polar surface area (TPSA) is 75.2 Å². The van der Waals surface area contributed by atoms with Gasteiger partial charge < -0.3 is 15.0 Å². The molecular weight excluding hydrogens is 457 g/mol. The van der Waals surface area contributed by atoms with Crippen molar-refractivity contribution < 1.29 is 22.8 Å². The van der Waals surface area contributed by atoms with Crippen LogP contribution in [0.5, 0.6) is 0 Å². The van der Waals surface area contributed by atoms with E-state index in [0.717, 1.165) is 12.4 Å². The van der Waals surface area contributed by atoms with E-state index in [2.05, 4.69) is 15.3 Å². The molecule has 3 aromatic rings. The minimum absolute atomic E-state index is 0.0806. The van der Waals surface area contributed by atoms with E-state index in [-0.39, 0.29) is 17.3 Å². The summed E-state index contributed by atoms with van der Waals surface area (Å²) in [4.78, 5) is 33.5. The van der Waals surface area contributed by atoms with Crippen molar-refractivity contribution in [3.05, 3.63) is 71.0 Å². The van der Waals surface area contributed by atoms with Gasteiger partial charge in [0.2, 0.25) is 5.91 Å². The van der Waals surface area contributed by atoms with Crippen LogP contribution in [0.4, 0.5) is 24.5 Å². The van der Waals surface area contributed by atoms with E-state index in [1.54, 1.807) is 26.1 Å². The van der Waals surface area contributed by atoms with Crippen molar-refractivity contribution in [2.45, 2.75) is 19.3 Å². The highest BCUT2D eigenvalue weighted by molar-refractivity contribution is 6.30. The lowest BCUT2D eigenvalue weighted by Crippen LogP contribution is -2.30. The quantitative estimate of drug-likeness (QED) is 0.449. The lowest BCUT2D eigenvalue weighted by molar-refractivity contribution is -0.115. The normalized spacial score (nSPS) is 11.8. The van der Waals surface area contributed by atoms with Gasteiger partial charge in [-0.25, -0.2) is 13.2 Å². The number of carbonyl (C=O) groups excluding carboxylic acids is 2. The number of nitrogens with one attached hydrogen (secondary N) is 1. The smallest absolute Gasteiger partial charge is 0.280 e. The molecule has 0 aliphatic carbocycles. The summed E-state index contributed by atoms with van der Waals surface area (Å²) >= 11 is 5.65. The minimum atomic E-state index is -2.82. The van der Waals surface area contributed by atoms with E-state index >= 15 is 0 Å². The monoisotopic (exact) mass is 476 g/mol. The van der Waals surface area contributed by atoms with Crippen LogP contribution in [0.3, 0.4) is 0 Å². The number of rotatable bonds is 8. The largest absolute Gasteiger partial charge is 0.365 e. The molecule has 0 spiro atoms. The van der Waals surface area contributed by atoms with Gasteiger partial charge in [0.25, 0.3) is 6.43 Å². The Morgan fingerprint density at radius 3 is 2.64 bits per heavy atom. The number of benzene rings is 1. The molecule has 3 rings (SSSR count). The predicted octanol–water partition coefficient (Wildman–Crippen LogP) is 5.25. The molecule has 0 aliphatic rings. The maximum Gasteiger partial charge on any atom is 0.280 e. The molecule has 1 atom stereocenters. The highest BCUT2D eigenvalue weighted by atomic mass is 35.5. The summed E-state index contributed by atoms with van der Waals surface area (Å²) in [6.45, 7) is 1.44. The Bertz CT molecular complexity index is 1180. The molecule has 0 bridgehead atoms. The van der Waals surface area contributed by atoms with Gasteiger partial charge in [-0.2, -0.15) is 0 Å². The van der Waals surface area contributed by atoms with Gasteiger partial charge in [0.1, 0.15) is 17.8 Å². The number of amides is 1. The molecule has 0 radical (unpaired) electrons. The van der Waals surface area contributed by atoms with Crippen molar-refractivity contribution in [1.29, 1.82) is 0 Å². The first-order valence-electron chi connectivity index (χ1n) is 9.86. The first-order chi connectivity index (χ1) is 15.7. The maximum absolute atomic E-state index is 13.6. The van der Waals surface area contributed by atoms with Gasteiger partial charge in [0, 0.05) is 41.9 Å². The van der Waals surface area contributed by atoms with Gasteiger partial charge in [0.05, 0.1) is 23.2 Å². The molecule has 10 heteroatoms. The van der Waals surface area contributed by atoms with Crippen molar-refractivity contribution in [3.8, 4) is 11.1 Å². The molecule has 0 fully saturated rings. The molecule has 172 valence electrons. The second-order valence-electron chi connectivity index (χ2n) is 7.32. The molecule has 1 N–H and O–H groups in total. The Hall–Kier alpha value is -3.46. The molecule has 2 aromatic heterocycles. The highest BCUT2D eigenvalue weighted by Gasteiger charge is 2.21. The first kappa shape index (κ1) is 24.2. The van der Waals surface area contributed by atoms with E-state index in [1.165, 1.54) is 35.5 Å². The van der Waals surface area contributed by atoms with Crippen LogP contribution in [0.2, 0.25) is 5.02 Å². The molecule has 1 aromatic carbocycles. The minimum Gasteiger partial charge on any atom is -0.365 e. The fourth-order valence-electron chi connectivity index (χ4n) is 3.25. The van der Waals surface area contributed by atoms with Gasteiger partial charge >= 0.3 is 0 Å². The number of hydrogen-bond acceptors (Lipinski definition) is 5. The summed E-state index contributed by atoms with van der Waals surface area (Å²) in [5.41, 5.74) is 1.46. The number of carbonyl (C=O) groups is 2. The van der Waals surface area contributed by atoms with Crippen molar-refractivity contribution in [1.82, 2.24) is 9.97 Å². The highest BCUT2D eigenvalue weighted by Crippen LogP contribution is 2.35. The molecule has 2 heterocycles. The average Bonchev–Trinajstić information content (AvgIpc) is 2.80. The summed E-state index contributed by atoms with van der Waals surface area (Å²) in [5, 5.41) is 2.46. The maximum atomic E-state index is 13.6. The number of hydrogen-bond donors (Lipinski definition) is 1. The van der Waals surface area contributed by atoms with Crippen molar-refractivity contribution in [2.24, 2.45) is 0 Å². The van der Waals surface area contributed by atoms with Crippen LogP contribution in [0, 0.1) is 5.82 Å². The van der Waals surface area contributed by atoms with E-state index in [4.69, 9.17) is 11.6 Å².